The van der Waals surface area contributed by atoms with Crippen molar-refractivity contribution in [3.05, 3.63) is 54.3 Å². The Hall–Kier alpha value is -2.16. The number of nitrogens with one attached hydrogen (secondary N) is 1. The second-order valence-corrected chi connectivity index (χ2v) is 8.06. The Morgan fingerprint density at radius 3 is 2.41 bits per heavy atom. The van der Waals surface area contributed by atoms with Gasteiger partial charge in [-0.05, 0) is 24.3 Å². The van der Waals surface area contributed by atoms with Gasteiger partial charge in [0.1, 0.15) is 16.5 Å². The second-order valence-electron chi connectivity index (χ2n) is 6.33. The molecule has 146 valence electrons. The van der Waals surface area contributed by atoms with Crippen LogP contribution in [0.25, 0.3) is 0 Å². The van der Waals surface area contributed by atoms with Crippen LogP contribution in [0.2, 0.25) is 0 Å². The fourth-order valence-electron chi connectivity index (χ4n) is 3.18. The van der Waals surface area contributed by atoms with E-state index in [1.54, 1.807) is 7.11 Å². The average molecular weight is 393 g/mol. The Bertz CT molecular complexity index is 868. The molecule has 1 N–H and O–H groups in total. The molecule has 1 heterocycles. The van der Waals surface area contributed by atoms with Crippen molar-refractivity contribution in [1.29, 1.82) is 0 Å². The van der Waals surface area contributed by atoms with E-state index in [2.05, 4.69) is 14.5 Å². The number of hydrogen-bond donors (Lipinski definition) is 1. The Balaban J connectivity index is 1.49. The zero-order chi connectivity index (χ0) is 19.3. The van der Waals surface area contributed by atoms with Gasteiger partial charge in [0.2, 0.25) is 10.0 Å². The van der Waals surface area contributed by atoms with Gasteiger partial charge in [-0.3, -0.25) is 4.90 Å². The highest BCUT2D eigenvalue weighted by Gasteiger charge is 2.21. The van der Waals surface area contributed by atoms with E-state index in [1.165, 1.54) is 18.2 Å². The molecule has 1 aliphatic heterocycles. The molecule has 0 radical (unpaired) electrons. The van der Waals surface area contributed by atoms with E-state index in [9.17, 15) is 12.8 Å². The van der Waals surface area contributed by atoms with Crippen LogP contribution < -0.4 is 14.4 Å². The summed E-state index contributed by atoms with van der Waals surface area (Å²) in [4.78, 5) is 4.14. The molecule has 1 aliphatic rings. The van der Waals surface area contributed by atoms with Crippen molar-refractivity contribution in [2.24, 2.45) is 0 Å². The van der Waals surface area contributed by atoms with Gasteiger partial charge in [-0.2, -0.15) is 0 Å². The normalized spacial score (nSPS) is 15.7. The molecule has 0 amide bonds. The summed E-state index contributed by atoms with van der Waals surface area (Å²) in [5, 5.41) is 0. The highest BCUT2D eigenvalue weighted by atomic mass is 32.2. The molecule has 2 aromatic carbocycles. The maximum Gasteiger partial charge on any atom is 0.243 e. The van der Waals surface area contributed by atoms with Crippen molar-refractivity contribution in [1.82, 2.24) is 9.62 Å². The van der Waals surface area contributed by atoms with Crippen LogP contribution in [0.3, 0.4) is 0 Å². The summed E-state index contributed by atoms with van der Waals surface area (Å²) >= 11 is 0. The molecule has 3 rings (SSSR count). The smallest absolute Gasteiger partial charge is 0.243 e. The lowest BCUT2D eigenvalue weighted by atomic mass is 10.2. The Kier molecular flexibility index (Phi) is 6.30. The van der Waals surface area contributed by atoms with Crippen LogP contribution >= 0.6 is 0 Å². The van der Waals surface area contributed by atoms with Crippen molar-refractivity contribution >= 4 is 15.7 Å². The lowest BCUT2D eigenvalue weighted by molar-refractivity contribution is 0.261. The van der Waals surface area contributed by atoms with Gasteiger partial charge >= 0.3 is 0 Å². The van der Waals surface area contributed by atoms with E-state index in [-0.39, 0.29) is 11.4 Å². The molecule has 1 saturated heterocycles. The minimum absolute atomic E-state index is 0.241. The van der Waals surface area contributed by atoms with Crippen molar-refractivity contribution in [2.75, 3.05) is 51.3 Å². The molecule has 0 spiro atoms. The molecule has 0 atom stereocenters. The van der Waals surface area contributed by atoms with Crippen molar-refractivity contribution in [2.45, 2.75) is 4.90 Å². The molecule has 0 saturated carbocycles. The van der Waals surface area contributed by atoms with Crippen molar-refractivity contribution in [3.8, 4) is 5.75 Å². The van der Waals surface area contributed by atoms with Crippen molar-refractivity contribution < 1.29 is 17.5 Å². The number of para-hydroxylation sites is 2. The molecule has 0 unspecified atom stereocenters. The average Bonchev–Trinajstić information content (AvgIpc) is 2.68. The second kappa shape index (κ2) is 8.69. The number of piperazine rings is 1. The maximum atomic E-state index is 13.7. The number of hydrogen-bond acceptors (Lipinski definition) is 5. The number of benzene rings is 2. The Morgan fingerprint density at radius 2 is 1.70 bits per heavy atom. The molecular formula is C19H24FN3O3S. The lowest BCUT2D eigenvalue weighted by Gasteiger charge is -2.36. The molecule has 1 fully saturated rings. The summed E-state index contributed by atoms with van der Waals surface area (Å²) in [7, 11) is -2.17. The van der Waals surface area contributed by atoms with Crippen LogP contribution in [-0.2, 0) is 10.0 Å². The summed E-state index contributed by atoms with van der Waals surface area (Å²) in [6.07, 6.45) is 0. The number of nitrogens with zero attached hydrogens (tertiary/aromatic N) is 2. The van der Waals surface area contributed by atoms with Crippen LogP contribution in [0.5, 0.6) is 5.75 Å². The molecule has 2 aromatic rings. The molecule has 8 heteroatoms. The van der Waals surface area contributed by atoms with Gasteiger partial charge in [0, 0.05) is 39.3 Å². The molecule has 0 bridgehead atoms. The van der Waals surface area contributed by atoms with Crippen LogP contribution in [0, 0.1) is 5.82 Å². The predicted molar refractivity (Wildman–Crippen MR) is 103 cm³/mol. The van der Waals surface area contributed by atoms with Crippen molar-refractivity contribution in [3.63, 3.8) is 0 Å². The molecule has 0 aliphatic carbocycles. The van der Waals surface area contributed by atoms with E-state index < -0.39 is 15.8 Å². The zero-order valence-corrected chi connectivity index (χ0v) is 16.1. The van der Waals surface area contributed by atoms with Gasteiger partial charge in [-0.15, -0.1) is 0 Å². The molecule has 6 nitrogen and oxygen atoms in total. The number of anilines is 1. The standard InChI is InChI=1S/C19H24FN3O3S/c1-26-18-8-4-3-7-17(18)23-14-12-22(13-15-23)11-10-21-27(24,25)19-9-5-2-6-16(19)20/h2-9,21H,10-15H2,1H3. The number of rotatable bonds is 7. The van der Waals surface area contributed by atoms with E-state index in [4.69, 9.17) is 4.74 Å². The molecule has 0 aromatic heterocycles. The summed E-state index contributed by atoms with van der Waals surface area (Å²) < 4.78 is 46.0. The van der Waals surface area contributed by atoms with Gasteiger partial charge in [-0.1, -0.05) is 24.3 Å². The maximum absolute atomic E-state index is 13.7. The third-order valence-electron chi connectivity index (χ3n) is 4.64. The quantitative estimate of drug-likeness (QED) is 0.779. The lowest BCUT2D eigenvalue weighted by Crippen LogP contribution is -2.48. The van der Waals surface area contributed by atoms with Gasteiger partial charge in [0.15, 0.2) is 0 Å². The first-order valence-corrected chi connectivity index (χ1v) is 10.3. The molecule has 27 heavy (non-hydrogen) atoms. The third-order valence-corrected chi connectivity index (χ3v) is 6.14. The fourth-order valence-corrected chi connectivity index (χ4v) is 4.28. The minimum atomic E-state index is -3.83. The minimum Gasteiger partial charge on any atom is -0.495 e. The van der Waals surface area contributed by atoms with Crippen LogP contribution in [0.1, 0.15) is 0 Å². The van der Waals surface area contributed by atoms with Gasteiger partial charge in [0.05, 0.1) is 12.8 Å². The summed E-state index contributed by atoms with van der Waals surface area (Å²) in [6, 6.07) is 13.3. The van der Waals surface area contributed by atoms with Crippen LogP contribution in [0.15, 0.2) is 53.4 Å². The first-order chi connectivity index (χ1) is 13.0. The van der Waals surface area contributed by atoms with Gasteiger partial charge in [-0.25, -0.2) is 17.5 Å². The Labute approximate surface area is 159 Å². The van der Waals surface area contributed by atoms with E-state index in [1.807, 2.05) is 24.3 Å². The molecular weight excluding hydrogens is 369 g/mol. The number of sulfonamides is 1. The van der Waals surface area contributed by atoms with E-state index in [0.717, 1.165) is 43.7 Å². The first kappa shape index (κ1) is 19.6. The van der Waals surface area contributed by atoms with Crippen LogP contribution in [0.4, 0.5) is 10.1 Å². The highest BCUT2D eigenvalue weighted by molar-refractivity contribution is 7.89. The number of ether oxygens (including phenoxy) is 1. The number of halogens is 1. The monoisotopic (exact) mass is 393 g/mol. The summed E-state index contributed by atoms with van der Waals surface area (Å²) in [5.41, 5.74) is 1.07. The van der Waals surface area contributed by atoms with Gasteiger partial charge in [0.25, 0.3) is 0 Å². The van der Waals surface area contributed by atoms with E-state index in [0.29, 0.717) is 6.54 Å². The van der Waals surface area contributed by atoms with Gasteiger partial charge < -0.3 is 9.64 Å². The largest absolute Gasteiger partial charge is 0.495 e. The SMILES string of the molecule is COc1ccccc1N1CCN(CCNS(=O)(=O)c2ccccc2F)CC1. The zero-order valence-electron chi connectivity index (χ0n) is 15.3. The third kappa shape index (κ3) is 4.77. The topological polar surface area (TPSA) is 61.9 Å². The first-order valence-electron chi connectivity index (χ1n) is 8.86. The number of methoxy groups -OCH3 is 1. The highest BCUT2D eigenvalue weighted by Crippen LogP contribution is 2.28. The van der Waals surface area contributed by atoms with Crippen LogP contribution in [-0.4, -0.2) is 59.7 Å². The summed E-state index contributed by atoms with van der Waals surface area (Å²) in [6.45, 7) is 4.12. The predicted octanol–water partition coefficient (Wildman–Crippen LogP) is 1.93. The summed E-state index contributed by atoms with van der Waals surface area (Å²) in [5.74, 6) is 0.110. The van der Waals surface area contributed by atoms with E-state index >= 15 is 0 Å². The Morgan fingerprint density at radius 1 is 1.04 bits per heavy atom. The fraction of sp³-hybridized carbons (Fsp3) is 0.368.